The first-order valence-corrected chi connectivity index (χ1v) is 6.16. The minimum Gasteiger partial charge on any atom is -0.480 e. The van der Waals surface area contributed by atoms with Crippen LogP contribution in [0.15, 0.2) is 0 Å². The fraction of sp³-hybridized carbons (Fsp3) is 0.700. The zero-order chi connectivity index (χ0) is 12.8. The first-order chi connectivity index (χ1) is 8.08. The summed E-state index contributed by atoms with van der Waals surface area (Å²) < 4.78 is 8.95. The smallest absolute Gasteiger partial charge is 0.326 e. The molecule has 7 heteroatoms. The van der Waals surface area contributed by atoms with Gasteiger partial charge in [-0.05, 0) is 5.92 Å². The maximum absolute atomic E-state index is 11.1. The third-order valence-corrected chi connectivity index (χ3v) is 3.18. The van der Waals surface area contributed by atoms with Crippen molar-refractivity contribution >= 4 is 22.6 Å². The first kappa shape index (κ1) is 13.9. The van der Waals surface area contributed by atoms with Crippen molar-refractivity contribution in [2.75, 3.05) is 12.4 Å². The second-order valence-electron chi connectivity index (χ2n) is 3.79. The number of ether oxygens (including phenoxy) is 1. The van der Waals surface area contributed by atoms with Gasteiger partial charge in [0.15, 0.2) is 5.82 Å². The van der Waals surface area contributed by atoms with Crippen LogP contribution < -0.4 is 5.32 Å². The number of carboxylic acid groups (broad SMARTS) is 1. The Balaban J connectivity index is 2.68. The van der Waals surface area contributed by atoms with Crippen LogP contribution in [0.2, 0.25) is 0 Å². The van der Waals surface area contributed by atoms with Gasteiger partial charge in [0, 0.05) is 18.6 Å². The molecule has 0 radical (unpaired) electrons. The lowest BCUT2D eigenvalue weighted by Crippen LogP contribution is -2.35. The van der Waals surface area contributed by atoms with Crippen molar-refractivity contribution in [1.29, 1.82) is 0 Å². The minimum atomic E-state index is -0.872. The molecule has 96 valence electrons. The van der Waals surface area contributed by atoms with E-state index in [2.05, 4.69) is 14.7 Å². The van der Waals surface area contributed by atoms with Gasteiger partial charge >= 0.3 is 5.97 Å². The maximum Gasteiger partial charge on any atom is 0.326 e. The van der Waals surface area contributed by atoms with Gasteiger partial charge in [-0.25, -0.2) is 9.78 Å². The summed E-state index contributed by atoms with van der Waals surface area (Å²) in [4.78, 5) is 15.3. The maximum atomic E-state index is 11.1. The number of nitrogens with one attached hydrogen (secondary N) is 1. The van der Waals surface area contributed by atoms with E-state index in [-0.39, 0.29) is 5.92 Å². The molecule has 0 saturated carbocycles. The molecule has 0 saturated heterocycles. The summed E-state index contributed by atoms with van der Waals surface area (Å²) in [5.41, 5.74) is 0. The Morgan fingerprint density at radius 2 is 2.35 bits per heavy atom. The highest BCUT2D eigenvalue weighted by Gasteiger charge is 2.24. The highest BCUT2D eigenvalue weighted by molar-refractivity contribution is 7.09. The molecular formula is C10H17N3O3S. The number of carboxylic acids is 1. The zero-order valence-electron chi connectivity index (χ0n) is 10.1. The van der Waals surface area contributed by atoms with Gasteiger partial charge in [0.2, 0.25) is 5.13 Å². The van der Waals surface area contributed by atoms with Gasteiger partial charge in [-0.2, -0.15) is 4.37 Å². The molecule has 0 fully saturated rings. The van der Waals surface area contributed by atoms with Crippen LogP contribution >= 0.6 is 11.5 Å². The molecule has 17 heavy (non-hydrogen) atoms. The van der Waals surface area contributed by atoms with E-state index >= 15 is 0 Å². The Hall–Kier alpha value is -1.21. The third kappa shape index (κ3) is 3.94. The normalized spacial score (nSPS) is 14.3. The van der Waals surface area contributed by atoms with E-state index in [1.54, 1.807) is 7.11 Å². The standard InChI is InChI=1S/C10H17N3O3S/c1-4-6(2)8(9(14)15)12-10-11-7(5-16-3)13-17-10/h6,8H,4-5H2,1-3H3,(H,14,15)(H,11,12,13)/t6-,8-/m0/s1. The van der Waals surface area contributed by atoms with Gasteiger partial charge in [-0.3, -0.25) is 0 Å². The molecule has 0 bridgehead atoms. The lowest BCUT2D eigenvalue weighted by atomic mass is 10.00. The van der Waals surface area contributed by atoms with Crippen molar-refractivity contribution in [3.8, 4) is 0 Å². The Morgan fingerprint density at radius 3 is 2.88 bits per heavy atom. The topological polar surface area (TPSA) is 84.3 Å². The van der Waals surface area contributed by atoms with Crippen molar-refractivity contribution in [1.82, 2.24) is 9.36 Å². The van der Waals surface area contributed by atoms with Gasteiger partial charge in [0.05, 0.1) is 0 Å². The molecule has 0 unspecified atom stereocenters. The van der Waals surface area contributed by atoms with Gasteiger partial charge in [0.25, 0.3) is 0 Å². The number of aromatic nitrogens is 2. The minimum absolute atomic E-state index is 0.0299. The van der Waals surface area contributed by atoms with Crippen molar-refractivity contribution in [3.05, 3.63) is 5.82 Å². The molecule has 2 N–H and O–H groups in total. The van der Waals surface area contributed by atoms with Crippen LogP contribution in [0.4, 0.5) is 5.13 Å². The van der Waals surface area contributed by atoms with E-state index in [1.165, 1.54) is 0 Å². The number of carbonyl (C=O) groups is 1. The number of nitrogens with zero attached hydrogens (tertiary/aromatic N) is 2. The van der Waals surface area contributed by atoms with Crippen LogP contribution in [0, 0.1) is 5.92 Å². The summed E-state index contributed by atoms with van der Waals surface area (Å²) in [5.74, 6) is -0.279. The van der Waals surface area contributed by atoms with Crippen LogP contribution in [0.5, 0.6) is 0 Å². The molecule has 0 aliphatic heterocycles. The quantitative estimate of drug-likeness (QED) is 0.773. The highest BCUT2D eigenvalue weighted by Crippen LogP contribution is 2.17. The number of hydrogen-bond donors (Lipinski definition) is 2. The number of anilines is 1. The van der Waals surface area contributed by atoms with Gasteiger partial charge in [0.1, 0.15) is 12.6 Å². The van der Waals surface area contributed by atoms with Crippen LogP contribution in [0.3, 0.4) is 0 Å². The molecule has 1 heterocycles. The van der Waals surface area contributed by atoms with E-state index in [0.29, 0.717) is 17.6 Å². The van der Waals surface area contributed by atoms with Gasteiger partial charge < -0.3 is 15.2 Å². The summed E-state index contributed by atoms with van der Waals surface area (Å²) in [6, 6.07) is -0.636. The molecule has 0 amide bonds. The molecule has 6 nitrogen and oxygen atoms in total. The van der Waals surface area contributed by atoms with E-state index in [1.807, 2.05) is 13.8 Å². The Kier molecular flexibility index (Phi) is 5.30. The monoisotopic (exact) mass is 259 g/mol. The number of hydrogen-bond acceptors (Lipinski definition) is 6. The molecule has 0 aromatic carbocycles. The summed E-state index contributed by atoms with van der Waals surface area (Å²) in [5, 5.41) is 12.5. The Labute approximate surface area is 104 Å². The summed E-state index contributed by atoms with van der Waals surface area (Å²) in [6.45, 7) is 4.18. The average Bonchev–Trinajstić information content (AvgIpc) is 2.73. The summed E-state index contributed by atoms with van der Waals surface area (Å²) in [7, 11) is 1.56. The fourth-order valence-corrected chi connectivity index (χ4v) is 1.93. The van der Waals surface area contributed by atoms with E-state index in [0.717, 1.165) is 18.0 Å². The predicted molar refractivity (Wildman–Crippen MR) is 65.1 cm³/mol. The van der Waals surface area contributed by atoms with Crippen molar-refractivity contribution < 1.29 is 14.6 Å². The Bertz CT molecular complexity index is 369. The van der Waals surface area contributed by atoms with Crippen LogP contribution in [-0.4, -0.2) is 33.6 Å². The summed E-state index contributed by atoms with van der Waals surface area (Å²) in [6.07, 6.45) is 0.785. The predicted octanol–water partition coefficient (Wildman–Crippen LogP) is 1.60. The first-order valence-electron chi connectivity index (χ1n) is 5.39. The van der Waals surface area contributed by atoms with Crippen LogP contribution in [-0.2, 0) is 16.1 Å². The highest BCUT2D eigenvalue weighted by atomic mass is 32.1. The molecule has 0 aliphatic rings. The summed E-state index contributed by atoms with van der Waals surface area (Å²) >= 11 is 1.15. The zero-order valence-corrected chi connectivity index (χ0v) is 11.0. The van der Waals surface area contributed by atoms with E-state index < -0.39 is 12.0 Å². The molecule has 0 spiro atoms. The Morgan fingerprint density at radius 1 is 1.65 bits per heavy atom. The molecule has 1 aromatic rings. The van der Waals surface area contributed by atoms with Crippen molar-refractivity contribution in [3.63, 3.8) is 0 Å². The van der Waals surface area contributed by atoms with Crippen LogP contribution in [0.1, 0.15) is 26.1 Å². The second-order valence-corrected chi connectivity index (χ2v) is 4.55. The van der Waals surface area contributed by atoms with Crippen molar-refractivity contribution in [2.24, 2.45) is 5.92 Å². The number of methoxy groups -OCH3 is 1. The average molecular weight is 259 g/mol. The lowest BCUT2D eigenvalue weighted by molar-refractivity contribution is -0.139. The molecule has 2 atom stereocenters. The van der Waals surface area contributed by atoms with Crippen molar-refractivity contribution in [2.45, 2.75) is 32.9 Å². The molecular weight excluding hydrogens is 242 g/mol. The number of aliphatic carboxylic acids is 1. The second kappa shape index (κ2) is 6.51. The largest absolute Gasteiger partial charge is 0.480 e. The fourth-order valence-electron chi connectivity index (χ4n) is 1.32. The third-order valence-electron chi connectivity index (χ3n) is 2.50. The molecule has 1 rings (SSSR count). The lowest BCUT2D eigenvalue weighted by Gasteiger charge is -2.19. The number of rotatable bonds is 7. The van der Waals surface area contributed by atoms with Crippen LogP contribution in [0.25, 0.3) is 0 Å². The molecule has 0 aliphatic carbocycles. The van der Waals surface area contributed by atoms with E-state index in [4.69, 9.17) is 9.84 Å². The van der Waals surface area contributed by atoms with E-state index in [9.17, 15) is 4.79 Å². The SMILES string of the molecule is CC[C@H](C)[C@H](Nc1nc(COC)ns1)C(=O)O. The van der Waals surface area contributed by atoms with Gasteiger partial charge in [-0.15, -0.1) is 0 Å². The molecule has 1 aromatic heterocycles. The van der Waals surface area contributed by atoms with Gasteiger partial charge in [-0.1, -0.05) is 20.3 Å².